The van der Waals surface area contributed by atoms with Gasteiger partial charge in [0.1, 0.15) is 18.8 Å². The molecule has 0 aromatic rings. The van der Waals surface area contributed by atoms with Crippen LogP contribution in [0.25, 0.3) is 0 Å². The Balaban J connectivity index is 1.92. The monoisotopic (exact) mass is 396 g/mol. The summed E-state index contributed by atoms with van der Waals surface area (Å²) in [4.78, 5) is 0. The zero-order chi connectivity index (χ0) is 19.2. The summed E-state index contributed by atoms with van der Waals surface area (Å²) in [5.41, 5.74) is 0. The third-order valence-corrected chi connectivity index (χ3v) is 5.94. The largest absolute Gasteiger partial charge is 0.475 e. The molecule has 0 aromatic heterocycles. The first kappa shape index (κ1) is 20.6. The van der Waals surface area contributed by atoms with E-state index in [9.17, 15) is 4.57 Å². The van der Waals surface area contributed by atoms with Crippen molar-refractivity contribution in [2.24, 2.45) is 0 Å². The average Bonchev–Trinajstić information content (AvgIpc) is 2.99. The molecule has 0 aliphatic carbocycles. The second kappa shape index (κ2) is 7.06. The van der Waals surface area contributed by atoms with Gasteiger partial charge in [-0.1, -0.05) is 0 Å². The molecule has 26 heavy (non-hydrogen) atoms. The molecular formula is C16H29O9P. The van der Waals surface area contributed by atoms with E-state index < -0.39 is 43.5 Å². The Bertz CT molecular complexity index is 554. The van der Waals surface area contributed by atoms with Crippen LogP contribution in [0.3, 0.4) is 0 Å². The quantitative estimate of drug-likeness (QED) is 0.628. The van der Waals surface area contributed by atoms with Crippen molar-refractivity contribution in [3.05, 3.63) is 0 Å². The maximum atomic E-state index is 13.0. The number of ether oxygens (including phenoxy) is 5. The SMILES string of the molecule is CCOP(=O)(OCC)O[C@H]1[C@@H]2OC(C)(C)O[C@@H]2CO[C@@]12COC(C)(C)O2. The minimum Gasteiger partial charge on any atom is -0.345 e. The molecule has 3 fully saturated rings. The number of fused-ring (bicyclic) bond motifs is 1. The minimum atomic E-state index is -3.85. The lowest BCUT2D eigenvalue weighted by Gasteiger charge is -2.44. The van der Waals surface area contributed by atoms with Crippen molar-refractivity contribution in [3.63, 3.8) is 0 Å². The highest BCUT2D eigenvalue weighted by molar-refractivity contribution is 7.48. The lowest BCUT2D eigenvalue weighted by atomic mass is 9.97. The van der Waals surface area contributed by atoms with Gasteiger partial charge >= 0.3 is 7.82 Å². The van der Waals surface area contributed by atoms with Crippen LogP contribution >= 0.6 is 7.82 Å². The second-order valence-electron chi connectivity index (χ2n) is 7.36. The van der Waals surface area contributed by atoms with Gasteiger partial charge in [-0.3, -0.25) is 13.6 Å². The van der Waals surface area contributed by atoms with Gasteiger partial charge in [-0.15, -0.1) is 0 Å². The van der Waals surface area contributed by atoms with Crippen LogP contribution in [0.4, 0.5) is 0 Å². The Morgan fingerprint density at radius 1 is 1.00 bits per heavy atom. The van der Waals surface area contributed by atoms with Gasteiger partial charge in [-0.25, -0.2) is 4.57 Å². The molecule has 3 aliphatic rings. The first-order chi connectivity index (χ1) is 12.0. The van der Waals surface area contributed by atoms with Crippen LogP contribution in [0.5, 0.6) is 0 Å². The lowest BCUT2D eigenvalue weighted by molar-refractivity contribution is -0.323. The lowest BCUT2D eigenvalue weighted by Crippen LogP contribution is -2.62. The fraction of sp³-hybridized carbons (Fsp3) is 1.00. The molecule has 3 saturated heterocycles. The van der Waals surface area contributed by atoms with Crippen molar-refractivity contribution in [1.29, 1.82) is 0 Å². The third kappa shape index (κ3) is 4.01. The molecule has 3 aliphatic heterocycles. The molecule has 152 valence electrons. The van der Waals surface area contributed by atoms with Crippen molar-refractivity contribution in [2.75, 3.05) is 26.4 Å². The topological polar surface area (TPSA) is 90.9 Å². The van der Waals surface area contributed by atoms with Gasteiger partial charge in [-0.2, -0.15) is 0 Å². The molecule has 3 rings (SSSR count). The van der Waals surface area contributed by atoms with E-state index in [2.05, 4.69) is 0 Å². The molecule has 0 aromatic carbocycles. The molecule has 0 radical (unpaired) electrons. The summed E-state index contributed by atoms with van der Waals surface area (Å²) in [6, 6.07) is 0. The Morgan fingerprint density at radius 2 is 1.65 bits per heavy atom. The van der Waals surface area contributed by atoms with Crippen molar-refractivity contribution < 1.29 is 41.8 Å². The summed E-state index contributed by atoms with van der Waals surface area (Å²) < 4.78 is 59.1. The summed E-state index contributed by atoms with van der Waals surface area (Å²) >= 11 is 0. The van der Waals surface area contributed by atoms with E-state index in [1.54, 1.807) is 41.5 Å². The zero-order valence-corrected chi connectivity index (χ0v) is 17.1. The molecule has 4 atom stereocenters. The normalized spacial score (nSPS) is 38.6. The predicted molar refractivity (Wildman–Crippen MR) is 89.4 cm³/mol. The highest BCUT2D eigenvalue weighted by Crippen LogP contribution is 2.56. The Morgan fingerprint density at radius 3 is 2.19 bits per heavy atom. The molecule has 0 saturated carbocycles. The Kier molecular flexibility index (Phi) is 5.60. The summed E-state index contributed by atoms with van der Waals surface area (Å²) in [6.45, 7) is 11.2. The Hall–Kier alpha value is -0.0900. The van der Waals surface area contributed by atoms with Crippen LogP contribution in [0.2, 0.25) is 0 Å². The van der Waals surface area contributed by atoms with Crippen LogP contribution in [0.15, 0.2) is 0 Å². The average molecular weight is 396 g/mol. The van der Waals surface area contributed by atoms with Gasteiger partial charge in [0.25, 0.3) is 0 Å². The molecule has 10 heteroatoms. The van der Waals surface area contributed by atoms with E-state index >= 15 is 0 Å². The number of phosphoric acid groups is 1. The van der Waals surface area contributed by atoms with Crippen molar-refractivity contribution in [3.8, 4) is 0 Å². The Labute approximate surface area is 154 Å². The van der Waals surface area contributed by atoms with Gasteiger partial charge in [0, 0.05) is 0 Å². The van der Waals surface area contributed by atoms with Crippen molar-refractivity contribution in [1.82, 2.24) is 0 Å². The van der Waals surface area contributed by atoms with Crippen LogP contribution in [0.1, 0.15) is 41.5 Å². The number of phosphoric ester groups is 1. The predicted octanol–water partition coefficient (Wildman–Crippen LogP) is 2.58. The summed E-state index contributed by atoms with van der Waals surface area (Å²) in [5, 5.41) is 0. The fourth-order valence-corrected chi connectivity index (χ4v) is 4.85. The zero-order valence-electron chi connectivity index (χ0n) is 16.2. The van der Waals surface area contributed by atoms with E-state index in [0.29, 0.717) is 0 Å². The first-order valence-corrected chi connectivity index (χ1v) is 10.4. The molecule has 3 heterocycles. The van der Waals surface area contributed by atoms with Crippen LogP contribution in [-0.2, 0) is 41.8 Å². The minimum absolute atomic E-state index is 0.0932. The maximum Gasteiger partial charge on any atom is 0.475 e. The highest BCUT2D eigenvalue weighted by Gasteiger charge is 2.65. The molecular weight excluding hydrogens is 367 g/mol. The van der Waals surface area contributed by atoms with E-state index in [-0.39, 0.29) is 26.4 Å². The van der Waals surface area contributed by atoms with Crippen molar-refractivity contribution in [2.45, 2.75) is 77.2 Å². The summed E-state index contributed by atoms with van der Waals surface area (Å²) in [6.07, 6.45) is -1.90. The molecule has 0 N–H and O–H groups in total. The standard InChI is InChI=1S/C16H29O9P/c1-7-20-26(17,21-8-2)24-13-12-11(22-15(5,6)23-12)9-18-16(13)10-19-14(3,4)25-16/h11-13H,7-10H2,1-6H3/t11-,12-,13+,16-/m1/s1. The van der Waals surface area contributed by atoms with E-state index in [4.69, 9.17) is 37.3 Å². The van der Waals surface area contributed by atoms with Crippen LogP contribution in [-0.4, -0.2) is 62.1 Å². The molecule has 1 spiro atoms. The highest BCUT2D eigenvalue weighted by atomic mass is 31.2. The smallest absolute Gasteiger partial charge is 0.345 e. The van der Waals surface area contributed by atoms with Crippen molar-refractivity contribution >= 4 is 7.82 Å². The fourth-order valence-electron chi connectivity index (χ4n) is 3.46. The summed E-state index contributed by atoms with van der Waals surface area (Å²) in [5.74, 6) is -3.01. The van der Waals surface area contributed by atoms with Gasteiger partial charge in [0.2, 0.25) is 5.79 Å². The number of hydrogen-bond acceptors (Lipinski definition) is 9. The number of rotatable bonds is 6. The van der Waals surface area contributed by atoms with Crippen LogP contribution < -0.4 is 0 Å². The summed E-state index contributed by atoms with van der Waals surface area (Å²) in [7, 11) is -3.85. The molecule has 9 nitrogen and oxygen atoms in total. The van der Waals surface area contributed by atoms with E-state index in [0.717, 1.165) is 0 Å². The van der Waals surface area contributed by atoms with Crippen LogP contribution in [0, 0.1) is 0 Å². The first-order valence-electron chi connectivity index (χ1n) is 8.95. The van der Waals surface area contributed by atoms with Gasteiger partial charge in [-0.05, 0) is 41.5 Å². The third-order valence-electron chi connectivity index (χ3n) is 4.30. The van der Waals surface area contributed by atoms with Gasteiger partial charge in [0.05, 0.1) is 19.8 Å². The van der Waals surface area contributed by atoms with Gasteiger partial charge in [0.15, 0.2) is 17.7 Å². The molecule has 0 unspecified atom stereocenters. The second-order valence-corrected chi connectivity index (χ2v) is 8.98. The van der Waals surface area contributed by atoms with Gasteiger partial charge < -0.3 is 23.7 Å². The maximum absolute atomic E-state index is 13.0. The van der Waals surface area contributed by atoms with E-state index in [1.165, 1.54) is 0 Å². The molecule has 0 amide bonds. The van der Waals surface area contributed by atoms with E-state index in [1.807, 2.05) is 0 Å². The molecule has 0 bridgehead atoms. The number of hydrogen-bond donors (Lipinski definition) is 0.